The first-order valence-corrected chi connectivity index (χ1v) is 10.0. The number of ether oxygens (including phenoxy) is 1. The normalized spacial score (nSPS) is 14.4. The zero-order valence-electron chi connectivity index (χ0n) is 17.5. The molecule has 1 aliphatic heterocycles. The Bertz CT molecular complexity index is 1220. The Morgan fingerprint density at radius 1 is 1.27 bits per heavy atom. The summed E-state index contributed by atoms with van der Waals surface area (Å²) in [6.45, 7) is 2.73. The summed E-state index contributed by atoms with van der Waals surface area (Å²) in [5.41, 5.74) is 12.5. The van der Waals surface area contributed by atoms with Gasteiger partial charge >= 0.3 is 0 Å². The molecule has 0 bridgehead atoms. The molecule has 0 atom stereocenters. The average Bonchev–Trinajstić information content (AvgIpc) is 2.76. The second-order valence-corrected chi connectivity index (χ2v) is 7.47. The van der Waals surface area contributed by atoms with Gasteiger partial charge in [0.1, 0.15) is 5.75 Å². The molecule has 1 aromatic heterocycles. The molecule has 2 aromatic carbocycles. The fourth-order valence-electron chi connectivity index (χ4n) is 4.15. The molecule has 4 rings (SSSR count). The van der Waals surface area contributed by atoms with E-state index in [1.54, 1.807) is 26.6 Å². The van der Waals surface area contributed by atoms with Crippen molar-refractivity contribution < 1.29 is 4.74 Å². The van der Waals surface area contributed by atoms with Crippen LogP contribution in [0.5, 0.6) is 5.75 Å². The molecule has 3 N–H and O–H groups in total. The lowest BCUT2D eigenvalue weighted by Crippen LogP contribution is -2.25. The number of nitrogens with two attached hydrogens (primary N) is 1. The monoisotopic (exact) mass is 402 g/mol. The zero-order valence-corrected chi connectivity index (χ0v) is 17.5. The number of fused-ring (bicyclic) bond motifs is 2. The molecule has 0 radical (unpaired) electrons. The number of rotatable bonds is 4. The highest BCUT2D eigenvalue weighted by Gasteiger charge is 2.23. The van der Waals surface area contributed by atoms with Gasteiger partial charge in [-0.05, 0) is 49.6 Å². The lowest BCUT2D eigenvalue weighted by Gasteiger charge is -2.33. The molecule has 0 aliphatic carbocycles. The number of benzene rings is 2. The molecule has 3 aromatic rings. The summed E-state index contributed by atoms with van der Waals surface area (Å²) in [6, 6.07) is 12.2. The summed E-state index contributed by atoms with van der Waals surface area (Å²) in [7, 11) is 3.39. The predicted octanol–water partition coefficient (Wildman–Crippen LogP) is 3.93. The number of aryl methyl sites for hydroxylation is 2. The van der Waals surface area contributed by atoms with Gasteiger partial charge in [0.25, 0.3) is 5.56 Å². The Labute approximate surface area is 175 Å². The van der Waals surface area contributed by atoms with E-state index >= 15 is 0 Å². The van der Waals surface area contributed by atoms with Gasteiger partial charge in [-0.3, -0.25) is 9.79 Å². The van der Waals surface area contributed by atoms with Crippen LogP contribution in [-0.2, 0) is 6.42 Å². The molecule has 0 saturated heterocycles. The standard InChI is InChI=1S/C24H26N4O2/c1-15-10-19-20(27-24(15)29)7-4-8-21(19)28-9-5-6-16-11-18(17(13-25)14-26-2)23(30-3)12-22(16)28/h4,7-8,10-14H,5-6,9,25H2,1-3H3,(H,27,29)/b17-13+,26-14?. The molecular weight excluding hydrogens is 376 g/mol. The molecule has 0 fully saturated rings. The molecule has 2 heterocycles. The average molecular weight is 402 g/mol. The first-order valence-electron chi connectivity index (χ1n) is 10.0. The second-order valence-electron chi connectivity index (χ2n) is 7.47. The minimum Gasteiger partial charge on any atom is -0.496 e. The van der Waals surface area contributed by atoms with Crippen LogP contribution in [0.25, 0.3) is 16.5 Å². The Kier molecular flexibility index (Phi) is 5.31. The van der Waals surface area contributed by atoms with E-state index in [0.717, 1.165) is 58.6 Å². The van der Waals surface area contributed by atoms with E-state index in [1.807, 2.05) is 25.1 Å². The third-order valence-electron chi connectivity index (χ3n) is 5.62. The summed E-state index contributed by atoms with van der Waals surface area (Å²) in [5, 5.41) is 1.03. The summed E-state index contributed by atoms with van der Waals surface area (Å²) < 4.78 is 5.71. The van der Waals surface area contributed by atoms with Gasteiger partial charge in [0, 0.05) is 59.8 Å². The highest BCUT2D eigenvalue weighted by Crippen LogP contribution is 2.41. The van der Waals surface area contributed by atoms with Gasteiger partial charge in [-0.2, -0.15) is 0 Å². The van der Waals surface area contributed by atoms with Gasteiger partial charge in [0.2, 0.25) is 0 Å². The molecule has 154 valence electrons. The number of methoxy groups -OCH3 is 1. The van der Waals surface area contributed by atoms with Gasteiger partial charge in [0.05, 0.1) is 18.3 Å². The Hall–Kier alpha value is -3.54. The highest BCUT2D eigenvalue weighted by molar-refractivity contribution is 6.11. The van der Waals surface area contributed by atoms with Crippen molar-refractivity contribution in [1.82, 2.24) is 4.98 Å². The quantitative estimate of drug-likeness (QED) is 0.648. The largest absolute Gasteiger partial charge is 0.496 e. The van der Waals surface area contributed by atoms with Crippen LogP contribution < -0.4 is 20.9 Å². The number of aliphatic imine (C=N–C) groups is 1. The second kappa shape index (κ2) is 8.06. The molecule has 6 heteroatoms. The van der Waals surface area contributed by atoms with E-state index in [2.05, 4.69) is 33.1 Å². The fraction of sp³-hybridized carbons (Fsp3) is 0.250. The van der Waals surface area contributed by atoms with Crippen molar-refractivity contribution >= 4 is 34.1 Å². The van der Waals surface area contributed by atoms with Crippen molar-refractivity contribution in [3.05, 3.63) is 69.6 Å². The van der Waals surface area contributed by atoms with Gasteiger partial charge in [-0.1, -0.05) is 6.07 Å². The number of pyridine rings is 1. The zero-order chi connectivity index (χ0) is 21.3. The number of aromatic nitrogens is 1. The molecule has 30 heavy (non-hydrogen) atoms. The molecule has 1 aliphatic rings. The van der Waals surface area contributed by atoms with E-state index in [0.29, 0.717) is 5.56 Å². The van der Waals surface area contributed by atoms with Crippen LogP contribution in [-0.4, -0.2) is 31.9 Å². The van der Waals surface area contributed by atoms with Crippen LogP contribution in [0.1, 0.15) is 23.1 Å². The summed E-state index contributed by atoms with van der Waals surface area (Å²) in [5.74, 6) is 0.752. The van der Waals surface area contributed by atoms with E-state index in [4.69, 9.17) is 10.5 Å². The predicted molar refractivity (Wildman–Crippen MR) is 124 cm³/mol. The van der Waals surface area contributed by atoms with E-state index < -0.39 is 0 Å². The molecule has 0 unspecified atom stereocenters. The van der Waals surface area contributed by atoms with E-state index in [1.165, 1.54) is 5.56 Å². The Morgan fingerprint density at radius 2 is 2.10 bits per heavy atom. The van der Waals surface area contributed by atoms with E-state index in [-0.39, 0.29) is 5.56 Å². The van der Waals surface area contributed by atoms with Crippen molar-refractivity contribution in [2.75, 3.05) is 25.6 Å². The number of nitrogens with zero attached hydrogens (tertiary/aromatic N) is 2. The maximum absolute atomic E-state index is 12.1. The Balaban J connectivity index is 1.91. The number of aromatic amines is 1. The van der Waals surface area contributed by atoms with Crippen molar-refractivity contribution in [3.63, 3.8) is 0 Å². The van der Waals surface area contributed by atoms with Crippen LogP contribution in [0.4, 0.5) is 11.4 Å². The maximum atomic E-state index is 12.1. The number of nitrogens with one attached hydrogen (secondary N) is 1. The van der Waals surface area contributed by atoms with Gasteiger partial charge in [-0.15, -0.1) is 0 Å². The molecule has 0 saturated carbocycles. The van der Waals surface area contributed by atoms with Crippen molar-refractivity contribution in [2.24, 2.45) is 10.7 Å². The van der Waals surface area contributed by atoms with Crippen LogP contribution in [0, 0.1) is 6.92 Å². The van der Waals surface area contributed by atoms with Crippen molar-refractivity contribution in [3.8, 4) is 5.75 Å². The first-order chi connectivity index (χ1) is 14.6. The summed E-state index contributed by atoms with van der Waals surface area (Å²) >= 11 is 0. The summed E-state index contributed by atoms with van der Waals surface area (Å²) in [4.78, 5) is 21.5. The SMILES string of the molecule is CN=C/C(=C\N)c1cc2c(cc1OC)N(c1cccc3[nH]c(=O)c(C)cc13)CCC2. The van der Waals surface area contributed by atoms with E-state index in [9.17, 15) is 4.79 Å². The minimum absolute atomic E-state index is 0.0521. The fourth-order valence-corrected chi connectivity index (χ4v) is 4.15. The third-order valence-corrected chi connectivity index (χ3v) is 5.62. The maximum Gasteiger partial charge on any atom is 0.251 e. The van der Waals surface area contributed by atoms with Gasteiger partial charge in [0.15, 0.2) is 0 Å². The van der Waals surface area contributed by atoms with Crippen LogP contribution >= 0.6 is 0 Å². The summed E-state index contributed by atoms with van der Waals surface area (Å²) in [6.07, 6.45) is 5.31. The number of allylic oxidation sites excluding steroid dienone is 1. The number of hydrogen-bond donors (Lipinski definition) is 2. The van der Waals surface area contributed by atoms with Gasteiger partial charge in [-0.25, -0.2) is 0 Å². The van der Waals surface area contributed by atoms with Crippen molar-refractivity contribution in [1.29, 1.82) is 0 Å². The molecule has 0 spiro atoms. The first kappa shape index (κ1) is 19.8. The topological polar surface area (TPSA) is 83.7 Å². The minimum atomic E-state index is -0.0521. The van der Waals surface area contributed by atoms with Crippen LogP contribution in [0.3, 0.4) is 0 Å². The van der Waals surface area contributed by atoms with Crippen molar-refractivity contribution in [2.45, 2.75) is 19.8 Å². The van der Waals surface area contributed by atoms with Gasteiger partial charge < -0.3 is 20.4 Å². The number of hydrogen-bond acceptors (Lipinski definition) is 5. The van der Waals surface area contributed by atoms with Crippen LogP contribution in [0.2, 0.25) is 0 Å². The highest BCUT2D eigenvalue weighted by atomic mass is 16.5. The number of H-pyrrole nitrogens is 1. The molecular formula is C24H26N4O2. The number of anilines is 2. The lowest BCUT2D eigenvalue weighted by atomic mass is 9.94. The molecule has 0 amide bonds. The van der Waals surface area contributed by atoms with Crippen LogP contribution in [0.15, 0.2) is 52.4 Å². The molecule has 6 nitrogen and oxygen atoms in total. The third kappa shape index (κ3) is 3.34. The lowest BCUT2D eigenvalue weighted by molar-refractivity contribution is 0.413. The smallest absolute Gasteiger partial charge is 0.251 e. The Morgan fingerprint density at radius 3 is 2.83 bits per heavy atom.